The van der Waals surface area contributed by atoms with Gasteiger partial charge in [-0.25, -0.2) is 4.79 Å². The molecule has 0 saturated carbocycles. The van der Waals surface area contributed by atoms with Crippen molar-refractivity contribution < 1.29 is 23.9 Å². The molecule has 0 aliphatic heterocycles. The molecule has 0 aliphatic carbocycles. The Balaban J connectivity index is 1.66. The molecule has 10 nitrogen and oxygen atoms in total. The number of carbonyl (C=O) groups is 3. The summed E-state index contributed by atoms with van der Waals surface area (Å²) in [6.45, 7) is 9.27. The molecular formula is C24H29N5O5S2. The topological polar surface area (TPSA) is 138 Å². The van der Waals surface area contributed by atoms with E-state index >= 15 is 0 Å². The van der Waals surface area contributed by atoms with Crippen LogP contribution in [0.2, 0.25) is 0 Å². The number of primary amides is 1. The van der Waals surface area contributed by atoms with Gasteiger partial charge < -0.3 is 25.1 Å². The number of nitrogens with two attached hydrogens (primary N) is 1. The normalized spacial score (nSPS) is 11.0. The van der Waals surface area contributed by atoms with Crippen molar-refractivity contribution in [2.24, 2.45) is 12.8 Å². The zero-order valence-electron chi connectivity index (χ0n) is 21.0. The average Bonchev–Trinajstić information content (AvgIpc) is 3.32. The van der Waals surface area contributed by atoms with Gasteiger partial charge in [0.05, 0.1) is 22.3 Å². The van der Waals surface area contributed by atoms with E-state index in [0.29, 0.717) is 16.5 Å². The van der Waals surface area contributed by atoms with Gasteiger partial charge in [0.25, 0.3) is 5.91 Å². The molecule has 3 rings (SSSR count). The molecule has 0 radical (unpaired) electrons. The fraction of sp³-hybridized carbons (Fsp3) is 0.375. The summed E-state index contributed by atoms with van der Waals surface area (Å²) in [7, 11) is 1.80. The van der Waals surface area contributed by atoms with Crippen molar-refractivity contribution in [3.05, 3.63) is 51.2 Å². The first-order chi connectivity index (χ1) is 17.0. The van der Waals surface area contributed by atoms with Gasteiger partial charge in [0.15, 0.2) is 11.0 Å². The number of hydrogen-bond donors (Lipinski definition) is 2. The van der Waals surface area contributed by atoms with Crippen LogP contribution in [0.15, 0.2) is 23.4 Å². The summed E-state index contributed by atoms with van der Waals surface area (Å²) in [5.41, 5.74) is 8.14. The summed E-state index contributed by atoms with van der Waals surface area (Å²) in [6.07, 6.45) is -0.364. The number of thiophene rings is 1. The zero-order valence-corrected chi connectivity index (χ0v) is 22.6. The molecule has 1 aromatic carbocycles. The van der Waals surface area contributed by atoms with E-state index < -0.39 is 11.9 Å². The summed E-state index contributed by atoms with van der Waals surface area (Å²) < 4.78 is 12.9. The summed E-state index contributed by atoms with van der Waals surface area (Å²) in [4.78, 5) is 37.3. The highest BCUT2D eigenvalue weighted by molar-refractivity contribution is 7.99. The van der Waals surface area contributed by atoms with Crippen molar-refractivity contribution in [2.45, 2.75) is 52.5 Å². The number of anilines is 1. The molecule has 3 N–H and O–H groups in total. The summed E-state index contributed by atoms with van der Waals surface area (Å²) in [5, 5.41) is 11.8. The molecule has 2 amide bonds. The van der Waals surface area contributed by atoms with Crippen LogP contribution in [0, 0.1) is 20.8 Å². The number of benzene rings is 1. The van der Waals surface area contributed by atoms with Crippen LogP contribution < -0.4 is 15.8 Å². The lowest BCUT2D eigenvalue weighted by atomic mass is 10.1. The van der Waals surface area contributed by atoms with E-state index in [1.54, 1.807) is 32.4 Å². The molecule has 36 heavy (non-hydrogen) atoms. The van der Waals surface area contributed by atoms with E-state index in [1.165, 1.54) is 11.8 Å². The molecule has 0 spiro atoms. The Morgan fingerprint density at radius 2 is 1.89 bits per heavy atom. The molecule has 0 unspecified atom stereocenters. The number of amides is 2. The number of rotatable bonds is 10. The van der Waals surface area contributed by atoms with Gasteiger partial charge in [-0.2, -0.15) is 0 Å². The quantitative estimate of drug-likeness (QED) is 0.298. The lowest BCUT2D eigenvalue weighted by molar-refractivity contribution is -0.113. The van der Waals surface area contributed by atoms with Crippen LogP contribution in [0.3, 0.4) is 0 Å². The van der Waals surface area contributed by atoms with Gasteiger partial charge in [-0.1, -0.05) is 23.9 Å². The maximum atomic E-state index is 12.7. The zero-order chi connectivity index (χ0) is 26.6. The third kappa shape index (κ3) is 6.24. The highest BCUT2D eigenvalue weighted by Crippen LogP contribution is 2.34. The van der Waals surface area contributed by atoms with Gasteiger partial charge in [0.2, 0.25) is 5.91 Å². The number of carbonyl (C=O) groups excluding carboxylic acids is 3. The summed E-state index contributed by atoms with van der Waals surface area (Å²) in [6, 6.07) is 5.86. The summed E-state index contributed by atoms with van der Waals surface area (Å²) >= 11 is 2.13. The molecule has 0 aliphatic rings. The Labute approximate surface area is 217 Å². The average molecular weight is 532 g/mol. The third-order valence-electron chi connectivity index (χ3n) is 5.34. The standard InChI is InChI=1S/C24H29N5O5S2/c1-12(2)34-23(32)19-15(5)20(21(25)31)36-22(19)26-18(30)11-35-24-28-27-17(29(24)6)10-33-16-9-7-8-13(3)14(16)4/h7-9,12H,10-11H2,1-6H3,(H2,25,31)(H,26,30). The largest absolute Gasteiger partial charge is 0.485 e. The van der Waals surface area contributed by atoms with Crippen LogP contribution in [0.4, 0.5) is 5.00 Å². The van der Waals surface area contributed by atoms with Crippen LogP contribution in [0.1, 0.15) is 56.4 Å². The molecular weight excluding hydrogens is 502 g/mol. The predicted octanol–water partition coefficient (Wildman–Crippen LogP) is 3.78. The Morgan fingerprint density at radius 3 is 2.56 bits per heavy atom. The van der Waals surface area contributed by atoms with Crippen molar-refractivity contribution in [1.29, 1.82) is 0 Å². The van der Waals surface area contributed by atoms with E-state index in [1.807, 2.05) is 32.0 Å². The Bertz CT molecular complexity index is 1300. The predicted molar refractivity (Wildman–Crippen MR) is 139 cm³/mol. The molecule has 0 atom stereocenters. The molecule has 0 bridgehead atoms. The number of hydrogen-bond acceptors (Lipinski definition) is 9. The van der Waals surface area contributed by atoms with Crippen molar-refractivity contribution in [1.82, 2.24) is 14.8 Å². The van der Waals surface area contributed by atoms with Crippen LogP contribution in [-0.4, -0.2) is 44.4 Å². The maximum Gasteiger partial charge on any atom is 0.341 e. The molecule has 0 fully saturated rings. The molecule has 12 heteroatoms. The van der Waals surface area contributed by atoms with E-state index in [4.69, 9.17) is 15.2 Å². The van der Waals surface area contributed by atoms with Gasteiger partial charge in [0, 0.05) is 7.05 Å². The number of nitrogens with one attached hydrogen (secondary N) is 1. The van der Waals surface area contributed by atoms with E-state index in [0.717, 1.165) is 28.2 Å². The first-order valence-corrected chi connectivity index (χ1v) is 12.9. The van der Waals surface area contributed by atoms with E-state index in [-0.39, 0.29) is 39.8 Å². The first-order valence-electron chi connectivity index (χ1n) is 11.1. The minimum atomic E-state index is -0.680. The maximum absolute atomic E-state index is 12.7. The fourth-order valence-electron chi connectivity index (χ4n) is 3.27. The minimum absolute atomic E-state index is 0.00530. The molecule has 3 aromatic rings. The second-order valence-corrected chi connectivity index (χ2v) is 10.3. The van der Waals surface area contributed by atoms with Gasteiger partial charge >= 0.3 is 5.97 Å². The Hall–Kier alpha value is -3.38. The number of ether oxygens (including phenoxy) is 2. The number of nitrogens with zero attached hydrogens (tertiary/aromatic N) is 3. The second-order valence-electron chi connectivity index (χ2n) is 8.36. The van der Waals surface area contributed by atoms with E-state index in [2.05, 4.69) is 15.5 Å². The number of aromatic nitrogens is 3. The van der Waals surface area contributed by atoms with Crippen LogP contribution in [0.5, 0.6) is 5.75 Å². The highest BCUT2D eigenvalue weighted by atomic mass is 32.2. The van der Waals surface area contributed by atoms with Crippen molar-refractivity contribution in [3.63, 3.8) is 0 Å². The lowest BCUT2D eigenvalue weighted by Gasteiger charge is -2.11. The number of thioether (sulfide) groups is 1. The first kappa shape index (κ1) is 27.2. The van der Waals surface area contributed by atoms with Crippen molar-refractivity contribution >= 4 is 45.9 Å². The van der Waals surface area contributed by atoms with E-state index in [9.17, 15) is 14.4 Å². The SMILES string of the molecule is Cc1cccc(OCc2nnc(SCC(=O)Nc3sc(C(N)=O)c(C)c3C(=O)OC(C)C)n2C)c1C. The molecule has 0 saturated heterocycles. The fourth-order valence-corrected chi connectivity index (χ4v) is 5.06. The van der Waals surface area contributed by atoms with Crippen LogP contribution in [0.25, 0.3) is 0 Å². The minimum Gasteiger partial charge on any atom is -0.485 e. The Morgan fingerprint density at radius 1 is 1.17 bits per heavy atom. The van der Waals surface area contributed by atoms with Crippen LogP contribution in [-0.2, 0) is 23.2 Å². The molecule has 192 valence electrons. The van der Waals surface area contributed by atoms with Gasteiger partial charge in [-0.15, -0.1) is 21.5 Å². The Kier molecular flexibility index (Phi) is 8.75. The van der Waals surface area contributed by atoms with Crippen molar-refractivity contribution in [3.8, 4) is 5.75 Å². The van der Waals surface area contributed by atoms with Gasteiger partial charge in [0.1, 0.15) is 17.4 Å². The number of esters is 1. The summed E-state index contributed by atoms with van der Waals surface area (Å²) in [5.74, 6) is -0.299. The number of aryl methyl sites for hydroxylation is 1. The molecule has 2 heterocycles. The lowest BCUT2D eigenvalue weighted by Crippen LogP contribution is -2.18. The molecule has 2 aromatic heterocycles. The van der Waals surface area contributed by atoms with Crippen molar-refractivity contribution in [2.75, 3.05) is 11.1 Å². The smallest absolute Gasteiger partial charge is 0.341 e. The monoisotopic (exact) mass is 531 g/mol. The highest BCUT2D eigenvalue weighted by Gasteiger charge is 2.26. The van der Waals surface area contributed by atoms with Gasteiger partial charge in [-0.05, 0) is 57.4 Å². The van der Waals surface area contributed by atoms with Gasteiger partial charge in [-0.3, -0.25) is 9.59 Å². The third-order valence-corrected chi connectivity index (χ3v) is 7.58. The van der Waals surface area contributed by atoms with Crippen LogP contribution >= 0.6 is 23.1 Å². The second kappa shape index (κ2) is 11.6.